The van der Waals surface area contributed by atoms with E-state index in [-0.39, 0.29) is 78.4 Å². The molecule has 114 heavy (non-hydrogen) atoms. The lowest BCUT2D eigenvalue weighted by Gasteiger charge is -2.27. The molecule has 628 valence electrons. The summed E-state index contributed by atoms with van der Waals surface area (Å²) < 4.78 is 192. The molecule has 4 unspecified atom stereocenters. The van der Waals surface area contributed by atoms with Gasteiger partial charge in [-0.05, 0) is 154 Å². The largest absolute Gasteiger partial charge is 0.490 e. The number of carbonyl (C=O) groups excluding carboxylic acids is 3. The molecule has 0 saturated carbocycles. The molecule has 36 nitrogen and oxygen atoms in total. The number of fused-ring (bicyclic) bond motifs is 2. The zero-order valence-electron chi connectivity index (χ0n) is 62.9. The van der Waals surface area contributed by atoms with Gasteiger partial charge in [-0.3, -0.25) is 51.5 Å². The number of unbranched alkanes of at least 4 members (excludes halogenated alkanes) is 5. The number of aryl methyl sites for hydroxylation is 1. The summed E-state index contributed by atoms with van der Waals surface area (Å²) in [4.78, 5) is 103. The third kappa shape index (κ3) is 27.0. The Bertz CT molecular complexity index is 5210. The summed E-state index contributed by atoms with van der Waals surface area (Å²) in [6.45, 7) is 7.62. The number of benzene rings is 3. The van der Waals surface area contributed by atoms with Gasteiger partial charge in [-0.25, -0.2) is 18.5 Å². The number of H-pyrrole nitrogens is 1. The van der Waals surface area contributed by atoms with E-state index in [1.807, 2.05) is 85.7 Å². The van der Waals surface area contributed by atoms with Gasteiger partial charge in [0.2, 0.25) is 23.4 Å². The third-order valence-electron chi connectivity index (χ3n) is 19.5. The number of nitrogens with one attached hydrogen (secondary N) is 4. The van der Waals surface area contributed by atoms with Gasteiger partial charge >= 0.3 is 29.2 Å². The van der Waals surface area contributed by atoms with Crippen molar-refractivity contribution in [1.29, 1.82) is 0 Å². The number of anilines is 1. The second-order valence-electron chi connectivity index (χ2n) is 28.9. The molecule has 3 amide bonds. The van der Waals surface area contributed by atoms with Crippen LogP contribution < -0.4 is 32.1 Å². The highest BCUT2D eigenvalue weighted by Gasteiger charge is 2.47. The van der Waals surface area contributed by atoms with Crippen LogP contribution in [0.25, 0.3) is 11.6 Å². The average molecular weight is 1730 g/mol. The number of aromatic amines is 1. The highest BCUT2D eigenvalue weighted by molar-refractivity contribution is 7.86. The second kappa shape index (κ2) is 39.0. The standard InChI is InChI=1S/C71H96N7O29P3S4/c1-70(2)55-43-53(113(98,99)100)30-32-57(55)76(39-15-41-111(92,93)94)61(70)34-28-49-18-13-19-50(29-35-62-71(3,4)56-44-54(114(101,102)103)31-33-58(56)77(62)40-16-42-112(95,96)97)67(49)51-26-24-48(25-27-51)17-9-10-23-65(82)73-37-12-5-7-21-63(80)72-36-11-6-8-22-64(81)74-38-14-20-52-46-78(69(84)75-68(52)83)66-45-59(79)60(105-66)47-104-109(88,89)107-110(90,91)106-108(85,86)87/h14,20,24-35,43-44,46,59-60,66,79H,5-13,15-19,21-23,36-42,45,47H2,1-4H3,(H11-,72,73,74,75,80,81,82,83,84,85,86,87,88,89,90,91,92,93,94,95,96,97,98,99,100,101,102,103)/p+1/b20-14+/t59-,60?,66?/m0/s1. The van der Waals surface area contributed by atoms with Gasteiger partial charge in [0.05, 0.1) is 45.0 Å². The molecule has 3 aliphatic heterocycles. The minimum Gasteiger partial charge on any atom is -0.390 e. The number of allylic oxidation sites excluding steroid dienone is 8. The Morgan fingerprint density at radius 3 is 1.86 bits per heavy atom. The number of aliphatic hydroxyl groups excluding tert-OH is 1. The van der Waals surface area contributed by atoms with Gasteiger partial charge in [-0.15, -0.1) is 0 Å². The quantitative estimate of drug-likeness (QED) is 0.00876. The van der Waals surface area contributed by atoms with E-state index in [2.05, 4.69) is 34.1 Å². The van der Waals surface area contributed by atoms with Crippen LogP contribution in [0.15, 0.2) is 133 Å². The molecule has 1 fully saturated rings. The molecule has 8 rings (SSSR count). The normalized spacial score (nSPS) is 19.7. The molecule has 4 aliphatic rings. The molecule has 43 heteroatoms. The molecule has 5 atom stereocenters. The summed E-state index contributed by atoms with van der Waals surface area (Å²) in [5.41, 5.74) is 4.57. The first kappa shape index (κ1) is 92.4. The Morgan fingerprint density at radius 1 is 0.667 bits per heavy atom. The van der Waals surface area contributed by atoms with Gasteiger partial charge in [-0.1, -0.05) is 75.3 Å². The van der Waals surface area contributed by atoms with Gasteiger partial charge in [0.15, 0.2) is 5.71 Å². The maximum Gasteiger partial charge on any atom is 0.490 e. The number of aromatic nitrogens is 2. The summed E-state index contributed by atoms with van der Waals surface area (Å²) >= 11 is 0. The Labute approximate surface area is 660 Å². The first-order valence-electron chi connectivity index (χ1n) is 36.5. The minimum atomic E-state index is -5.81. The molecule has 4 aromatic rings. The predicted octanol–water partition coefficient (Wildman–Crippen LogP) is 7.65. The molecular formula is C71H97N7O29P3S4+. The van der Waals surface area contributed by atoms with Crippen LogP contribution in [0.4, 0.5) is 11.4 Å². The van der Waals surface area contributed by atoms with Crippen molar-refractivity contribution in [2.24, 2.45) is 0 Å². The smallest absolute Gasteiger partial charge is 0.390 e. The van der Waals surface area contributed by atoms with Crippen molar-refractivity contribution in [2.45, 2.75) is 182 Å². The van der Waals surface area contributed by atoms with Gasteiger partial charge in [-0.2, -0.15) is 46.9 Å². The van der Waals surface area contributed by atoms with Crippen LogP contribution in [0.2, 0.25) is 0 Å². The number of hydrogen-bond donors (Lipinski definition) is 13. The van der Waals surface area contributed by atoms with Gasteiger partial charge < -0.3 is 50.3 Å². The van der Waals surface area contributed by atoms with Crippen molar-refractivity contribution in [3.63, 3.8) is 0 Å². The van der Waals surface area contributed by atoms with E-state index in [1.165, 1.54) is 36.4 Å². The molecule has 1 saturated heterocycles. The van der Waals surface area contributed by atoms with Gasteiger partial charge in [0, 0.05) is 99.0 Å². The number of rotatable bonds is 42. The highest BCUT2D eigenvalue weighted by atomic mass is 32.2. The van der Waals surface area contributed by atoms with Crippen molar-refractivity contribution in [3.8, 4) is 0 Å². The average Bonchev–Trinajstić information content (AvgIpc) is 1.58. The number of carbonyl (C=O) groups is 3. The van der Waals surface area contributed by atoms with Crippen LogP contribution in [-0.4, -0.2) is 177 Å². The molecule has 0 spiro atoms. The van der Waals surface area contributed by atoms with Gasteiger partial charge in [0.1, 0.15) is 18.9 Å². The van der Waals surface area contributed by atoms with Crippen LogP contribution in [0, 0.1) is 0 Å². The summed E-state index contributed by atoms with van der Waals surface area (Å²) in [6.07, 6.45) is 15.5. The summed E-state index contributed by atoms with van der Waals surface area (Å²) in [6, 6.07) is 16.5. The molecule has 0 radical (unpaired) electrons. The Hall–Kier alpha value is -7.11. The number of phosphoric acid groups is 3. The fraction of sp³-hybridized carbons (Fsp3) is 0.493. The maximum atomic E-state index is 12.9. The lowest BCUT2D eigenvalue weighted by Crippen LogP contribution is -2.33. The van der Waals surface area contributed by atoms with Crippen molar-refractivity contribution in [2.75, 3.05) is 55.7 Å². The van der Waals surface area contributed by atoms with E-state index < -0.39 is 123 Å². The van der Waals surface area contributed by atoms with E-state index in [9.17, 15) is 104 Å². The van der Waals surface area contributed by atoms with E-state index in [0.717, 1.165) is 38.6 Å². The zero-order valence-corrected chi connectivity index (χ0v) is 68.9. The lowest BCUT2D eigenvalue weighted by molar-refractivity contribution is -0.437. The number of ether oxygens (including phenoxy) is 1. The molecular weight excluding hydrogens is 1640 g/mol. The summed E-state index contributed by atoms with van der Waals surface area (Å²) in [5, 5.41) is 19.0. The third-order valence-corrected chi connectivity index (χ3v) is 26.6. The van der Waals surface area contributed by atoms with Gasteiger partial charge in [0.25, 0.3) is 46.0 Å². The van der Waals surface area contributed by atoms with Crippen molar-refractivity contribution < 1.29 is 127 Å². The Balaban J connectivity index is 0.794. The van der Waals surface area contributed by atoms with E-state index in [0.29, 0.717) is 137 Å². The first-order valence-corrected chi connectivity index (χ1v) is 47.2. The lowest BCUT2D eigenvalue weighted by atomic mass is 9.79. The maximum absolute atomic E-state index is 12.9. The van der Waals surface area contributed by atoms with Crippen LogP contribution in [0.3, 0.4) is 0 Å². The van der Waals surface area contributed by atoms with Crippen molar-refractivity contribution in [1.82, 2.24) is 25.5 Å². The van der Waals surface area contributed by atoms with Crippen LogP contribution in [-0.2, 0) is 104 Å². The van der Waals surface area contributed by atoms with Crippen LogP contribution in [0.5, 0.6) is 0 Å². The van der Waals surface area contributed by atoms with Crippen molar-refractivity contribution in [3.05, 3.63) is 163 Å². The number of phosphoric ester groups is 1. The molecule has 4 heterocycles. The van der Waals surface area contributed by atoms with Crippen molar-refractivity contribution >= 4 is 110 Å². The van der Waals surface area contributed by atoms with E-state index in [4.69, 9.17) is 14.5 Å². The van der Waals surface area contributed by atoms with E-state index >= 15 is 0 Å². The molecule has 3 aromatic carbocycles. The minimum absolute atomic E-state index is 0.00314. The molecule has 1 aromatic heterocycles. The SMILES string of the molecule is CC1(C)C(/C=C/C2=C(c3ccc(CCCCC(=O)NCCCCCC(=O)NCCCCCC(=O)NC/C=C/c4cn(C5C[C@H](O)C(COP(=O)(O)OP(=O)(O)OP(=O)(O)O)O5)c(=O)[nH]c4=O)cc3)C(=C/C=C3/N(CCCS(=O)(=O)O)c4ccc(S(=O)(=O)O)cc4C3(C)C)/CCC2)=[N+](CCCS(=O)(=O)O)c2ccc(S(=O)(=O)O)cc21. The number of hydrogen-bond acceptors (Lipinski definition) is 22. The monoisotopic (exact) mass is 1730 g/mol. The summed E-state index contributed by atoms with van der Waals surface area (Å²) in [5.74, 6) is -1.59. The van der Waals surface area contributed by atoms with Crippen LogP contribution >= 0.6 is 23.5 Å². The number of nitrogens with zero attached hydrogens (tertiary/aromatic N) is 3. The molecule has 0 bridgehead atoms. The Morgan fingerprint density at radius 2 is 1.25 bits per heavy atom. The number of aliphatic hydroxyl groups is 1. The first-order chi connectivity index (χ1) is 53.1. The van der Waals surface area contributed by atoms with Crippen LogP contribution in [0.1, 0.15) is 171 Å². The summed E-state index contributed by atoms with van der Waals surface area (Å²) in [7, 11) is -34.9. The zero-order chi connectivity index (χ0) is 84.0. The van der Waals surface area contributed by atoms with E-state index in [1.54, 1.807) is 12.1 Å². The fourth-order valence-electron chi connectivity index (χ4n) is 14.0. The second-order valence-corrected chi connectivity index (χ2v) is 39.3. The fourth-order valence-corrected chi connectivity index (χ4v) is 19.0. The topological polar surface area (TPSA) is 555 Å². The highest BCUT2D eigenvalue weighted by Crippen LogP contribution is 2.66. The Kier molecular flexibility index (Phi) is 31.6. The molecule has 13 N–H and O–H groups in total. The predicted molar refractivity (Wildman–Crippen MR) is 419 cm³/mol. The number of amides is 3. The molecule has 1 aliphatic carbocycles.